The molecule has 8 N–H and O–H groups in total. The van der Waals surface area contributed by atoms with Crippen LogP contribution in [0.4, 0.5) is 11.4 Å². The molecule has 0 saturated heterocycles. The van der Waals surface area contributed by atoms with Gasteiger partial charge in [-0.1, -0.05) is 48.5 Å². The normalized spacial score (nSPS) is 12.5. The van der Waals surface area contributed by atoms with Crippen molar-refractivity contribution >= 4 is 110 Å². The molecule has 0 fully saturated rings. The van der Waals surface area contributed by atoms with E-state index in [9.17, 15) is 35.7 Å². The summed E-state index contributed by atoms with van der Waals surface area (Å²) in [5, 5.41) is 85.3. The minimum Gasteiger partial charge on any atom is -0.504 e. The fraction of sp³-hybridized carbons (Fsp3) is 0.0244. The molecular weight excluding hydrogens is 695 g/mol. The van der Waals surface area contributed by atoms with E-state index in [1.54, 1.807) is 11.3 Å². The van der Waals surface area contributed by atoms with Crippen LogP contribution in [0.2, 0.25) is 0 Å². The molecule has 0 saturated carbocycles. The molecule has 0 bridgehead atoms. The van der Waals surface area contributed by atoms with E-state index in [0.29, 0.717) is 22.2 Å². The second-order valence-electron chi connectivity index (χ2n) is 12.5. The van der Waals surface area contributed by atoms with Gasteiger partial charge in [0, 0.05) is 55.7 Å². The van der Waals surface area contributed by atoms with Crippen LogP contribution in [-0.2, 0) is 0 Å². The van der Waals surface area contributed by atoms with Crippen molar-refractivity contribution in [2.24, 2.45) is 9.98 Å². The lowest BCUT2D eigenvalue weighted by molar-refractivity contribution is 0.346. The number of phenols is 7. The van der Waals surface area contributed by atoms with Gasteiger partial charge in [0.05, 0.1) is 27.0 Å². The Balaban J connectivity index is 1.52. The highest BCUT2D eigenvalue weighted by Crippen LogP contribution is 2.58. The van der Waals surface area contributed by atoms with Crippen molar-refractivity contribution < 1.29 is 40.2 Å². The monoisotopic (exact) mass is 721 g/mol. The third-order valence-electron chi connectivity index (χ3n) is 9.71. The number of aliphatic imine (C=N–C) groups is 2. The first kappa shape index (κ1) is 31.8. The average molecular weight is 722 g/mol. The Kier molecular flexibility index (Phi) is 6.85. The zero-order valence-electron chi connectivity index (χ0n) is 27.6. The molecule has 0 spiro atoms. The summed E-state index contributed by atoms with van der Waals surface area (Å²) >= 11 is 1.65. The number of phenolic OH excluding ortho intramolecular Hbond substituents is 7. The van der Waals surface area contributed by atoms with Gasteiger partial charge >= 0.3 is 0 Å². The zero-order chi connectivity index (χ0) is 36.9. The number of para-hydroxylation sites is 1. The highest BCUT2D eigenvalue weighted by atomic mass is 32.1. The van der Waals surface area contributed by atoms with Crippen LogP contribution in [-0.4, -0.2) is 55.2 Å². The molecule has 11 nitrogen and oxygen atoms in total. The lowest BCUT2D eigenvalue weighted by Crippen LogP contribution is -2.01. The number of aromatic hydroxyl groups is 7. The molecule has 2 aromatic heterocycles. The van der Waals surface area contributed by atoms with Crippen LogP contribution in [0, 0.1) is 0 Å². The Hall–Kier alpha value is -7.18. The molecule has 260 valence electrons. The molecule has 0 atom stereocenters. The van der Waals surface area contributed by atoms with Crippen LogP contribution in [0.5, 0.6) is 40.2 Å². The summed E-state index contributed by atoms with van der Waals surface area (Å²) in [6, 6.07) is 23.9. The van der Waals surface area contributed by atoms with Crippen LogP contribution in [0.25, 0.3) is 74.4 Å². The minimum absolute atomic E-state index is 0.157. The van der Waals surface area contributed by atoms with Gasteiger partial charge in [-0.25, -0.2) is 4.99 Å². The summed E-state index contributed by atoms with van der Waals surface area (Å²) in [6.07, 6.45) is 2.59. The zero-order valence-corrected chi connectivity index (χ0v) is 28.4. The first-order valence-corrected chi connectivity index (χ1v) is 17.1. The number of allylic oxidation sites excluding steroid dienone is 1. The third kappa shape index (κ3) is 4.33. The van der Waals surface area contributed by atoms with E-state index in [0.717, 1.165) is 52.8 Å². The number of fused-ring (bicyclic) bond motifs is 10. The van der Waals surface area contributed by atoms with Gasteiger partial charge in [-0.3, -0.25) is 4.99 Å². The van der Waals surface area contributed by atoms with Gasteiger partial charge in [0.1, 0.15) is 11.3 Å². The maximum Gasteiger partial charge on any atom is 0.205 e. The maximum absolute atomic E-state index is 11.4. The standard InChI is InChI=1S/C41H27N3O8S/c1-42-14-13-23(28-29-30(35(47)37(49)33(28)45)36(48)39(51)38(50)34(29)46)44-31-26-17(15-21-19-7-3-5-9-24(19)52-40(21)31)11-12-18-16-22-20-8-4-6-10-25(20)53-41(22)32(43-2)27(18)26/h3-16,43,45-51H,1H2,2H3/b14-13-,44-23?. The van der Waals surface area contributed by atoms with Crippen molar-refractivity contribution in [3.05, 3.63) is 90.6 Å². The van der Waals surface area contributed by atoms with E-state index >= 15 is 0 Å². The molecule has 9 aromatic rings. The first-order chi connectivity index (χ1) is 25.6. The topological polar surface area (TPSA) is 191 Å². The van der Waals surface area contributed by atoms with Gasteiger partial charge in [0.2, 0.25) is 17.2 Å². The SMILES string of the molecule is C=N/C=C\C(=Nc1c2oc3ccccc3c2cc2ccc3cc4c(sc5ccccc54)c(NC)c3c12)c1c(O)c(O)c(O)c2c(O)c(O)c(O)c(O)c12. The maximum atomic E-state index is 11.4. The second-order valence-corrected chi connectivity index (χ2v) is 13.6. The van der Waals surface area contributed by atoms with Gasteiger partial charge in [-0.2, -0.15) is 0 Å². The molecule has 9 rings (SSSR count). The van der Waals surface area contributed by atoms with E-state index in [1.165, 1.54) is 12.3 Å². The second kappa shape index (κ2) is 11.4. The van der Waals surface area contributed by atoms with Gasteiger partial charge in [-0.05, 0) is 47.8 Å². The minimum atomic E-state index is -1.15. The molecule has 2 heterocycles. The first-order valence-electron chi connectivity index (χ1n) is 16.2. The molecule has 0 aliphatic carbocycles. The van der Waals surface area contributed by atoms with Crippen molar-refractivity contribution in [3.63, 3.8) is 0 Å². The van der Waals surface area contributed by atoms with E-state index < -0.39 is 56.6 Å². The molecule has 53 heavy (non-hydrogen) atoms. The molecule has 7 aromatic carbocycles. The Bertz CT molecular complexity index is 3150. The van der Waals surface area contributed by atoms with Crippen LogP contribution >= 0.6 is 11.3 Å². The number of hydrogen-bond acceptors (Lipinski definition) is 12. The lowest BCUT2D eigenvalue weighted by Gasteiger charge is -2.18. The number of furan rings is 1. The lowest BCUT2D eigenvalue weighted by atomic mass is 9.94. The highest BCUT2D eigenvalue weighted by Gasteiger charge is 2.31. The summed E-state index contributed by atoms with van der Waals surface area (Å²) in [5.74, 6) is -7.44. The Labute approximate surface area is 302 Å². The molecule has 0 aliphatic rings. The highest BCUT2D eigenvalue weighted by molar-refractivity contribution is 7.26. The van der Waals surface area contributed by atoms with Crippen molar-refractivity contribution in [1.29, 1.82) is 0 Å². The van der Waals surface area contributed by atoms with Crippen molar-refractivity contribution in [3.8, 4) is 40.2 Å². The molecule has 0 unspecified atom stereocenters. The number of benzene rings is 7. The molecule has 0 aliphatic heterocycles. The molecule has 12 heteroatoms. The Morgan fingerprint density at radius 3 is 2.02 bits per heavy atom. The van der Waals surface area contributed by atoms with Gasteiger partial charge in [0.25, 0.3) is 0 Å². The Morgan fingerprint density at radius 1 is 0.679 bits per heavy atom. The van der Waals surface area contributed by atoms with E-state index in [1.807, 2.05) is 61.6 Å². The quantitative estimate of drug-likeness (QED) is 0.0370. The number of thiophene rings is 1. The van der Waals surface area contributed by atoms with Gasteiger partial charge < -0.3 is 45.5 Å². The largest absolute Gasteiger partial charge is 0.504 e. The van der Waals surface area contributed by atoms with Gasteiger partial charge in [-0.15, -0.1) is 11.3 Å². The fourth-order valence-electron chi connectivity index (χ4n) is 7.37. The number of rotatable bonds is 5. The molecule has 0 amide bonds. The van der Waals surface area contributed by atoms with Crippen molar-refractivity contribution in [2.45, 2.75) is 0 Å². The van der Waals surface area contributed by atoms with Crippen molar-refractivity contribution in [1.82, 2.24) is 0 Å². The average Bonchev–Trinajstić information content (AvgIpc) is 3.74. The van der Waals surface area contributed by atoms with E-state index in [4.69, 9.17) is 9.41 Å². The summed E-state index contributed by atoms with van der Waals surface area (Å²) in [4.78, 5) is 8.92. The van der Waals surface area contributed by atoms with Crippen molar-refractivity contribution in [2.75, 3.05) is 12.4 Å². The van der Waals surface area contributed by atoms with Crippen LogP contribution < -0.4 is 5.32 Å². The molecular formula is C41H27N3O8S. The van der Waals surface area contributed by atoms with E-state index in [2.05, 4.69) is 35.2 Å². The fourth-order valence-corrected chi connectivity index (χ4v) is 8.61. The number of hydrogen-bond donors (Lipinski definition) is 8. The third-order valence-corrected chi connectivity index (χ3v) is 10.9. The van der Waals surface area contributed by atoms with Crippen LogP contribution in [0.1, 0.15) is 5.56 Å². The summed E-state index contributed by atoms with van der Waals surface area (Å²) in [5.41, 5.74) is 1.53. The number of anilines is 1. The van der Waals surface area contributed by atoms with Crippen LogP contribution in [0.15, 0.2) is 99.5 Å². The Morgan fingerprint density at radius 2 is 1.30 bits per heavy atom. The van der Waals surface area contributed by atoms with Gasteiger partial charge in [0.15, 0.2) is 28.6 Å². The smallest absolute Gasteiger partial charge is 0.205 e. The predicted octanol–water partition coefficient (Wildman–Crippen LogP) is 9.73. The number of nitrogens with zero attached hydrogens (tertiary/aromatic N) is 2. The summed E-state index contributed by atoms with van der Waals surface area (Å²) in [6.45, 7) is 3.51. The summed E-state index contributed by atoms with van der Waals surface area (Å²) in [7, 11) is 1.85. The number of nitrogens with one attached hydrogen (secondary N) is 1. The predicted molar refractivity (Wildman–Crippen MR) is 212 cm³/mol. The van der Waals surface area contributed by atoms with Crippen LogP contribution in [0.3, 0.4) is 0 Å². The van der Waals surface area contributed by atoms with E-state index in [-0.39, 0.29) is 5.71 Å². The molecule has 0 radical (unpaired) electrons. The summed E-state index contributed by atoms with van der Waals surface area (Å²) < 4.78 is 8.67.